The van der Waals surface area contributed by atoms with Crippen molar-refractivity contribution in [3.63, 3.8) is 0 Å². The Morgan fingerprint density at radius 1 is 1.27 bits per heavy atom. The monoisotopic (exact) mass is 358 g/mol. The number of nitrogens with zero attached hydrogens (tertiary/aromatic N) is 4. The van der Waals surface area contributed by atoms with E-state index in [-0.39, 0.29) is 12.0 Å². The van der Waals surface area contributed by atoms with Crippen LogP contribution in [0.25, 0.3) is 0 Å². The van der Waals surface area contributed by atoms with Gasteiger partial charge >= 0.3 is 0 Å². The standard InChI is InChI=1S/C20H30N4O2/c1-2-22(16-7-8-16)15-19(25)24-13-9-17(14-24)26-18-6-5-10-21-20(18)23-11-3-4-12-23/h5-6,10,16-17H,2-4,7-9,11-15H2,1H3/t17-/m0/s1. The maximum Gasteiger partial charge on any atom is 0.236 e. The highest BCUT2D eigenvalue weighted by Gasteiger charge is 2.33. The fourth-order valence-corrected chi connectivity index (χ4v) is 4.08. The molecule has 0 spiro atoms. The van der Waals surface area contributed by atoms with Crippen molar-refractivity contribution < 1.29 is 9.53 Å². The summed E-state index contributed by atoms with van der Waals surface area (Å²) in [6.45, 7) is 7.25. The second kappa shape index (κ2) is 7.82. The van der Waals surface area contributed by atoms with Gasteiger partial charge < -0.3 is 14.5 Å². The molecule has 1 amide bonds. The Labute approximate surface area is 156 Å². The Morgan fingerprint density at radius 2 is 2.08 bits per heavy atom. The molecule has 1 atom stereocenters. The lowest BCUT2D eigenvalue weighted by atomic mass is 10.3. The SMILES string of the molecule is CCN(CC(=O)N1CC[C@H](Oc2cccnc2N2CCCC2)C1)C1CC1. The van der Waals surface area contributed by atoms with Gasteiger partial charge in [0.1, 0.15) is 6.10 Å². The van der Waals surface area contributed by atoms with Crippen LogP contribution in [0.5, 0.6) is 5.75 Å². The number of pyridine rings is 1. The van der Waals surface area contributed by atoms with Gasteiger partial charge in [-0.05, 0) is 44.4 Å². The van der Waals surface area contributed by atoms with Gasteiger partial charge in [0.25, 0.3) is 0 Å². The Balaban J connectivity index is 1.34. The number of carbonyl (C=O) groups excluding carboxylic acids is 1. The molecule has 1 aromatic rings. The van der Waals surface area contributed by atoms with Crippen molar-refractivity contribution in [2.45, 2.75) is 51.2 Å². The molecule has 3 aliphatic rings. The van der Waals surface area contributed by atoms with Gasteiger partial charge in [-0.15, -0.1) is 0 Å². The van der Waals surface area contributed by atoms with Gasteiger partial charge in [0.15, 0.2) is 11.6 Å². The minimum absolute atomic E-state index is 0.0699. The normalized spacial score (nSPS) is 23.1. The number of hydrogen-bond donors (Lipinski definition) is 0. The molecule has 142 valence electrons. The Bertz CT molecular complexity index is 628. The van der Waals surface area contributed by atoms with Crippen molar-refractivity contribution >= 4 is 11.7 Å². The van der Waals surface area contributed by atoms with Crippen LogP contribution in [0.4, 0.5) is 5.82 Å². The van der Waals surface area contributed by atoms with E-state index in [9.17, 15) is 4.79 Å². The molecule has 0 bridgehead atoms. The van der Waals surface area contributed by atoms with Gasteiger partial charge in [-0.1, -0.05) is 6.92 Å². The third-order valence-corrected chi connectivity index (χ3v) is 5.76. The van der Waals surface area contributed by atoms with Crippen molar-refractivity contribution in [3.05, 3.63) is 18.3 Å². The van der Waals surface area contributed by atoms with Crippen LogP contribution in [0.15, 0.2) is 18.3 Å². The summed E-state index contributed by atoms with van der Waals surface area (Å²) in [5.74, 6) is 2.07. The Kier molecular flexibility index (Phi) is 5.29. The average Bonchev–Trinajstić information content (AvgIpc) is 3.16. The van der Waals surface area contributed by atoms with Crippen LogP contribution in [-0.2, 0) is 4.79 Å². The quantitative estimate of drug-likeness (QED) is 0.747. The van der Waals surface area contributed by atoms with Gasteiger partial charge in [0, 0.05) is 38.3 Å². The number of anilines is 1. The highest BCUT2D eigenvalue weighted by atomic mass is 16.5. The molecule has 6 heteroatoms. The fourth-order valence-electron chi connectivity index (χ4n) is 4.08. The highest BCUT2D eigenvalue weighted by Crippen LogP contribution is 2.30. The summed E-state index contributed by atoms with van der Waals surface area (Å²) in [4.78, 5) is 23.8. The van der Waals surface area contributed by atoms with Crippen LogP contribution >= 0.6 is 0 Å². The molecule has 1 aromatic heterocycles. The van der Waals surface area contributed by atoms with Crippen molar-refractivity contribution in [1.29, 1.82) is 0 Å². The molecule has 2 aliphatic heterocycles. The second-order valence-corrected chi connectivity index (χ2v) is 7.68. The van der Waals surface area contributed by atoms with E-state index in [0.717, 1.165) is 44.2 Å². The van der Waals surface area contributed by atoms with Crippen LogP contribution in [0, 0.1) is 0 Å². The van der Waals surface area contributed by atoms with Crippen molar-refractivity contribution in [2.75, 3.05) is 44.2 Å². The Morgan fingerprint density at radius 3 is 2.81 bits per heavy atom. The summed E-state index contributed by atoms with van der Waals surface area (Å²) in [7, 11) is 0. The van der Waals surface area contributed by atoms with E-state index in [2.05, 4.69) is 21.7 Å². The summed E-state index contributed by atoms with van der Waals surface area (Å²) in [6.07, 6.45) is 7.73. The van der Waals surface area contributed by atoms with E-state index in [4.69, 9.17) is 4.74 Å². The van der Waals surface area contributed by atoms with Crippen LogP contribution in [0.1, 0.15) is 39.0 Å². The molecule has 0 N–H and O–H groups in total. The van der Waals surface area contributed by atoms with Gasteiger partial charge in [-0.2, -0.15) is 0 Å². The molecule has 1 saturated carbocycles. The van der Waals surface area contributed by atoms with Crippen LogP contribution in [0.2, 0.25) is 0 Å². The van der Waals surface area contributed by atoms with E-state index in [1.165, 1.54) is 25.7 Å². The maximum atomic E-state index is 12.6. The first-order valence-electron chi connectivity index (χ1n) is 10.1. The zero-order chi connectivity index (χ0) is 17.9. The van der Waals surface area contributed by atoms with E-state index < -0.39 is 0 Å². The van der Waals surface area contributed by atoms with Crippen molar-refractivity contribution in [3.8, 4) is 5.75 Å². The molecule has 0 radical (unpaired) electrons. The van der Waals surface area contributed by atoms with Crippen LogP contribution < -0.4 is 9.64 Å². The molecule has 3 fully saturated rings. The zero-order valence-corrected chi connectivity index (χ0v) is 15.8. The van der Waals surface area contributed by atoms with Crippen LogP contribution in [-0.4, -0.2) is 72.1 Å². The molecule has 26 heavy (non-hydrogen) atoms. The summed E-state index contributed by atoms with van der Waals surface area (Å²) in [6, 6.07) is 4.58. The lowest BCUT2D eigenvalue weighted by molar-refractivity contribution is -0.131. The first-order valence-corrected chi connectivity index (χ1v) is 10.1. The maximum absolute atomic E-state index is 12.6. The number of aromatic nitrogens is 1. The molecule has 6 nitrogen and oxygen atoms in total. The minimum Gasteiger partial charge on any atom is -0.485 e. The average molecular weight is 358 g/mol. The van der Waals surface area contributed by atoms with E-state index in [1.54, 1.807) is 0 Å². The lowest BCUT2D eigenvalue weighted by Crippen LogP contribution is -2.40. The summed E-state index contributed by atoms with van der Waals surface area (Å²) < 4.78 is 6.28. The first kappa shape index (κ1) is 17.6. The van der Waals surface area contributed by atoms with Crippen molar-refractivity contribution in [1.82, 2.24) is 14.8 Å². The molecule has 4 rings (SSSR count). The Hall–Kier alpha value is -1.82. The number of likely N-dealkylation sites (N-methyl/N-ethyl adjacent to an activating group) is 1. The van der Waals surface area contributed by atoms with Crippen molar-refractivity contribution in [2.24, 2.45) is 0 Å². The number of hydrogen-bond acceptors (Lipinski definition) is 5. The number of carbonyl (C=O) groups is 1. The molecule has 1 aliphatic carbocycles. The molecule has 0 aromatic carbocycles. The highest BCUT2D eigenvalue weighted by molar-refractivity contribution is 5.78. The molecule has 2 saturated heterocycles. The topological polar surface area (TPSA) is 48.9 Å². The van der Waals surface area contributed by atoms with E-state index >= 15 is 0 Å². The number of amides is 1. The summed E-state index contributed by atoms with van der Waals surface area (Å²) in [5, 5.41) is 0. The minimum atomic E-state index is 0.0699. The smallest absolute Gasteiger partial charge is 0.236 e. The summed E-state index contributed by atoms with van der Waals surface area (Å²) >= 11 is 0. The van der Waals surface area contributed by atoms with Gasteiger partial charge in [0.05, 0.1) is 13.1 Å². The van der Waals surface area contributed by atoms with E-state index in [0.29, 0.717) is 19.1 Å². The number of likely N-dealkylation sites (tertiary alicyclic amines) is 1. The molecular weight excluding hydrogens is 328 g/mol. The zero-order valence-electron chi connectivity index (χ0n) is 15.8. The second-order valence-electron chi connectivity index (χ2n) is 7.68. The van der Waals surface area contributed by atoms with Gasteiger partial charge in [-0.25, -0.2) is 4.98 Å². The fraction of sp³-hybridized carbons (Fsp3) is 0.700. The largest absolute Gasteiger partial charge is 0.485 e. The third-order valence-electron chi connectivity index (χ3n) is 5.76. The predicted octanol–water partition coefficient (Wildman–Crippen LogP) is 2.15. The molecule has 3 heterocycles. The predicted molar refractivity (Wildman–Crippen MR) is 102 cm³/mol. The van der Waals surface area contributed by atoms with Gasteiger partial charge in [-0.3, -0.25) is 9.69 Å². The van der Waals surface area contributed by atoms with E-state index in [1.807, 2.05) is 23.2 Å². The number of rotatable bonds is 7. The third kappa shape index (κ3) is 3.95. The summed E-state index contributed by atoms with van der Waals surface area (Å²) in [5.41, 5.74) is 0. The first-order chi connectivity index (χ1) is 12.7. The van der Waals surface area contributed by atoms with Crippen LogP contribution in [0.3, 0.4) is 0 Å². The number of ether oxygens (including phenoxy) is 1. The van der Waals surface area contributed by atoms with Gasteiger partial charge in [0.2, 0.25) is 5.91 Å². The molecule has 0 unspecified atom stereocenters. The lowest BCUT2D eigenvalue weighted by Gasteiger charge is -2.24. The molecular formula is C20H30N4O2.